The van der Waals surface area contributed by atoms with Gasteiger partial charge in [-0.2, -0.15) is 0 Å². The Morgan fingerprint density at radius 3 is 2.76 bits per heavy atom. The number of aromatic nitrogens is 1. The van der Waals surface area contributed by atoms with Gasteiger partial charge in [-0.25, -0.2) is 0 Å². The van der Waals surface area contributed by atoms with Crippen LogP contribution in [-0.4, -0.2) is 24.8 Å². The zero-order chi connectivity index (χ0) is 17.1. The third-order valence-corrected chi connectivity index (χ3v) is 4.15. The van der Waals surface area contributed by atoms with Crippen molar-refractivity contribution in [2.45, 2.75) is 13.1 Å². The quantitative estimate of drug-likeness (QED) is 0.506. The van der Waals surface area contributed by atoms with Crippen molar-refractivity contribution >= 4 is 16.9 Å². The first-order chi connectivity index (χ1) is 12.3. The van der Waals surface area contributed by atoms with Gasteiger partial charge in [-0.05, 0) is 35.2 Å². The number of rotatable bonds is 4. The zero-order valence-electron chi connectivity index (χ0n) is 14.0. The third-order valence-electron chi connectivity index (χ3n) is 4.15. The van der Waals surface area contributed by atoms with Crippen LogP contribution in [0.5, 0.6) is 11.5 Å². The predicted molar refractivity (Wildman–Crippen MR) is 97.9 cm³/mol. The van der Waals surface area contributed by atoms with E-state index in [0.717, 1.165) is 34.2 Å². The van der Waals surface area contributed by atoms with E-state index in [1.54, 1.807) is 7.05 Å². The second kappa shape index (κ2) is 6.76. The smallest absolute Gasteiger partial charge is 0.231 e. The van der Waals surface area contributed by atoms with Gasteiger partial charge in [-0.1, -0.05) is 24.3 Å². The molecule has 0 spiro atoms. The van der Waals surface area contributed by atoms with E-state index in [0.29, 0.717) is 19.9 Å². The molecule has 2 heterocycles. The summed E-state index contributed by atoms with van der Waals surface area (Å²) in [5.41, 5.74) is 3.37. The molecule has 128 valence electrons. The molecular weight excluding hydrogens is 316 g/mol. The van der Waals surface area contributed by atoms with Crippen molar-refractivity contribution in [3.63, 3.8) is 0 Å². The zero-order valence-corrected chi connectivity index (χ0v) is 14.0. The summed E-state index contributed by atoms with van der Waals surface area (Å²) in [6.07, 6.45) is 0. The molecule has 0 radical (unpaired) electrons. The van der Waals surface area contributed by atoms with Gasteiger partial charge in [0.15, 0.2) is 17.5 Å². The average Bonchev–Trinajstić information content (AvgIpc) is 3.27. The molecule has 0 aliphatic carbocycles. The number of hydrogen-bond donors (Lipinski definition) is 3. The topological polar surface area (TPSA) is 70.7 Å². The van der Waals surface area contributed by atoms with E-state index in [1.165, 1.54) is 5.39 Å². The van der Waals surface area contributed by atoms with Crippen molar-refractivity contribution in [2.75, 3.05) is 13.8 Å². The van der Waals surface area contributed by atoms with Crippen LogP contribution < -0.4 is 20.1 Å². The second-order valence-electron chi connectivity index (χ2n) is 5.85. The Labute approximate surface area is 145 Å². The molecule has 1 aliphatic rings. The molecule has 0 fully saturated rings. The number of H-pyrrole nitrogens is 1. The van der Waals surface area contributed by atoms with Gasteiger partial charge in [0, 0.05) is 24.8 Å². The van der Waals surface area contributed by atoms with E-state index in [4.69, 9.17) is 9.47 Å². The van der Waals surface area contributed by atoms with Gasteiger partial charge in [0.1, 0.15) is 0 Å². The van der Waals surface area contributed by atoms with Crippen LogP contribution in [0.15, 0.2) is 53.5 Å². The van der Waals surface area contributed by atoms with E-state index in [-0.39, 0.29) is 0 Å². The molecule has 0 atom stereocenters. The lowest BCUT2D eigenvalue weighted by atomic mass is 10.2. The number of nitrogens with zero attached hydrogens (tertiary/aromatic N) is 1. The summed E-state index contributed by atoms with van der Waals surface area (Å²) in [5, 5.41) is 7.84. The molecule has 3 aromatic rings. The SMILES string of the molecule is CN=C(NCc1ccc2c(c1)OCO2)NCc1cc2ccccc2[nH]1. The van der Waals surface area contributed by atoms with Crippen LogP contribution >= 0.6 is 0 Å². The number of aromatic amines is 1. The maximum Gasteiger partial charge on any atom is 0.231 e. The van der Waals surface area contributed by atoms with Crippen LogP contribution in [0.1, 0.15) is 11.3 Å². The molecule has 0 saturated heterocycles. The molecule has 0 bridgehead atoms. The van der Waals surface area contributed by atoms with Gasteiger partial charge in [-0.15, -0.1) is 0 Å². The highest BCUT2D eigenvalue weighted by molar-refractivity contribution is 5.81. The Hall–Kier alpha value is -3.15. The monoisotopic (exact) mass is 336 g/mol. The van der Waals surface area contributed by atoms with Gasteiger partial charge in [0.05, 0.1) is 6.54 Å². The van der Waals surface area contributed by atoms with Crippen molar-refractivity contribution in [3.8, 4) is 11.5 Å². The molecule has 0 amide bonds. The van der Waals surface area contributed by atoms with Crippen LogP contribution in [0, 0.1) is 0 Å². The Morgan fingerprint density at radius 2 is 1.88 bits per heavy atom. The maximum absolute atomic E-state index is 5.41. The summed E-state index contributed by atoms with van der Waals surface area (Å²) in [5.74, 6) is 2.33. The molecule has 2 aromatic carbocycles. The van der Waals surface area contributed by atoms with Crippen LogP contribution in [0.25, 0.3) is 10.9 Å². The van der Waals surface area contributed by atoms with Crippen molar-refractivity contribution in [3.05, 3.63) is 59.8 Å². The molecule has 4 rings (SSSR count). The second-order valence-corrected chi connectivity index (χ2v) is 5.85. The fourth-order valence-electron chi connectivity index (χ4n) is 2.86. The van der Waals surface area contributed by atoms with E-state index >= 15 is 0 Å². The summed E-state index contributed by atoms with van der Waals surface area (Å²) in [7, 11) is 1.76. The summed E-state index contributed by atoms with van der Waals surface area (Å²) >= 11 is 0. The van der Waals surface area contributed by atoms with E-state index in [1.807, 2.05) is 30.3 Å². The Bertz CT molecular complexity index is 884. The number of guanidine groups is 1. The number of hydrogen-bond acceptors (Lipinski definition) is 3. The molecule has 1 aliphatic heterocycles. The third kappa shape index (κ3) is 3.38. The highest BCUT2D eigenvalue weighted by Gasteiger charge is 2.13. The van der Waals surface area contributed by atoms with Gasteiger partial charge in [-0.3, -0.25) is 4.99 Å². The van der Waals surface area contributed by atoms with Gasteiger partial charge in [0.25, 0.3) is 0 Å². The largest absolute Gasteiger partial charge is 0.454 e. The summed E-state index contributed by atoms with van der Waals surface area (Å²) in [6, 6.07) is 16.3. The van der Waals surface area contributed by atoms with Gasteiger partial charge < -0.3 is 25.1 Å². The highest BCUT2D eigenvalue weighted by Crippen LogP contribution is 2.32. The van der Waals surface area contributed by atoms with E-state index in [9.17, 15) is 0 Å². The van der Waals surface area contributed by atoms with Crippen molar-refractivity contribution in [1.29, 1.82) is 0 Å². The number of ether oxygens (including phenoxy) is 2. The molecule has 25 heavy (non-hydrogen) atoms. The van der Waals surface area contributed by atoms with Gasteiger partial charge >= 0.3 is 0 Å². The molecular formula is C19H20N4O2. The number of benzene rings is 2. The molecule has 0 unspecified atom stereocenters. The Morgan fingerprint density at radius 1 is 1.04 bits per heavy atom. The summed E-state index contributed by atoms with van der Waals surface area (Å²) in [6.45, 7) is 1.62. The lowest BCUT2D eigenvalue weighted by Gasteiger charge is -2.11. The van der Waals surface area contributed by atoms with Gasteiger partial charge in [0.2, 0.25) is 6.79 Å². The maximum atomic E-state index is 5.41. The molecule has 6 nitrogen and oxygen atoms in total. The first kappa shape index (κ1) is 15.4. The van der Waals surface area contributed by atoms with E-state index in [2.05, 4.69) is 38.8 Å². The number of aliphatic imine (C=N–C) groups is 1. The Balaban J connectivity index is 1.34. The van der Waals surface area contributed by atoms with Crippen LogP contribution in [0.4, 0.5) is 0 Å². The minimum absolute atomic E-state index is 0.292. The lowest BCUT2D eigenvalue weighted by Crippen LogP contribution is -2.36. The number of nitrogens with one attached hydrogen (secondary N) is 3. The number of fused-ring (bicyclic) bond motifs is 2. The van der Waals surface area contributed by atoms with Crippen molar-refractivity contribution in [2.24, 2.45) is 4.99 Å². The molecule has 6 heteroatoms. The van der Waals surface area contributed by atoms with Crippen LogP contribution in [0.3, 0.4) is 0 Å². The summed E-state index contributed by atoms with van der Waals surface area (Å²) < 4.78 is 10.7. The predicted octanol–water partition coefficient (Wildman–Crippen LogP) is 2.76. The fraction of sp³-hybridized carbons (Fsp3) is 0.211. The molecule has 3 N–H and O–H groups in total. The average molecular weight is 336 g/mol. The molecule has 0 saturated carbocycles. The van der Waals surface area contributed by atoms with Crippen molar-refractivity contribution < 1.29 is 9.47 Å². The molecule has 1 aromatic heterocycles. The van der Waals surface area contributed by atoms with E-state index < -0.39 is 0 Å². The lowest BCUT2D eigenvalue weighted by molar-refractivity contribution is 0.174. The normalized spacial score (nSPS) is 13.2. The van der Waals surface area contributed by atoms with Crippen molar-refractivity contribution in [1.82, 2.24) is 15.6 Å². The first-order valence-corrected chi connectivity index (χ1v) is 8.21. The fourth-order valence-corrected chi connectivity index (χ4v) is 2.86. The Kier molecular flexibility index (Phi) is 4.16. The number of para-hydroxylation sites is 1. The minimum atomic E-state index is 0.292. The van der Waals surface area contributed by atoms with Crippen LogP contribution in [-0.2, 0) is 13.1 Å². The highest BCUT2D eigenvalue weighted by atomic mass is 16.7. The first-order valence-electron chi connectivity index (χ1n) is 8.21. The van der Waals surface area contributed by atoms with Crippen LogP contribution in [0.2, 0.25) is 0 Å². The standard InChI is InChI=1S/C19H20N4O2/c1-20-19(21-10-13-6-7-17-18(8-13)25-12-24-17)22-11-15-9-14-4-2-3-5-16(14)23-15/h2-9,23H,10-12H2,1H3,(H2,20,21,22). The minimum Gasteiger partial charge on any atom is -0.454 e. The summed E-state index contributed by atoms with van der Waals surface area (Å²) in [4.78, 5) is 7.67.